The molecule has 2 rings (SSSR count). The van der Waals surface area contributed by atoms with E-state index in [1.807, 2.05) is 11.9 Å². The quantitative estimate of drug-likeness (QED) is 0.438. The number of hydrogen-bond donors (Lipinski definition) is 4. The first kappa shape index (κ1) is 23.2. The third kappa shape index (κ3) is 5.29. The lowest BCUT2D eigenvalue weighted by atomic mass is 9.92. The molecule has 2 aliphatic rings. The van der Waals surface area contributed by atoms with Crippen LogP contribution in [0.1, 0.15) is 33.1 Å². The molecule has 0 aromatic heterocycles. The molecule has 0 saturated carbocycles. The molecular weight excluding hydrogens is 392 g/mol. The van der Waals surface area contributed by atoms with E-state index >= 15 is 0 Å². The Balaban J connectivity index is 2.09. The normalized spacial score (nSPS) is 39.9. The second-order valence-electron chi connectivity index (χ2n) is 7.73. The van der Waals surface area contributed by atoms with Crippen molar-refractivity contribution in [3.05, 3.63) is 0 Å². The van der Waals surface area contributed by atoms with Crippen molar-refractivity contribution in [2.24, 2.45) is 5.92 Å². The second-order valence-corrected chi connectivity index (χ2v) is 9.36. The van der Waals surface area contributed by atoms with Crippen molar-refractivity contribution in [3.8, 4) is 0 Å². The first-order valence-corrected chi connectivity index (χ1v) is 11.3. The largest absolute Gasteiger partial charge is 0.388 e. The van der Waals surface area contributed by atoms with Crippen LogP contribution < -0.4 is 5.32 Å². The average molecular weight is 425 g/mol. The van der Waals surface area contributed by atoms with E-state index in [4.69, 9.17) is 16.3 Å². The molecule has 7 nitrogen and oxygen atoms in total. The fourth-order valence-electron chi connectivity index (χ4n) is 4.11. The fourth-order valence-corrected chi connectivity index (χ4v) is 5.00. The van der Waals surface area contributed by atoms with Gasteiger partial charge in [0.2, 0.25) is 5.91 Å². The maximum Gasteiger partial charge on any atom is 0.237 e. The predicted octanol–water partition coefficient (Wildman–Crippen LogP) is 0.390. The Labute approximate surface area is 170 Å². The molecule has 0 spiro atoms. The molecule has 9 heteroatoms. The van der Waals surface area contributed by atoms with Crippen molar-refractivity contribution in [2.45, 2.75) is 80.4 Å². The van der Waals surface area contributed by atoms with Gasteiger partial charge in [0, 0.05) is 6.54 Å². The minimum Gasteiger partial charge on any atom is -0.388 e. The Morgan fingerprint density at radius 1 is 1.33 bits per heavy atom. The third-order valence-corrected chi connectivity index (χ3v) is 6.76. The highest BCUT2D eigenvalue weighted by atomic mass is 35.5. The van der Waals surface area contributed by atoms with E-state index in [9.17, 15) is 20.1 Å². The lowest BCUT2D eigenvalue weighted by Crippen LogP contribution is -2.65. The van der Waals surface area contributed by atoms with Crippen molar-refractivity contribution in [2.75, 3.05) is 19.8 Å². The Bertz CT molecular complexity index is 498. The van der Waals surface area contributed by atoms with E-state index in [0.29, 0.717) is 5.92 Å². The van der Waals surface area contributed by atoms with Gasteiger partial charge in [0.15, 0.2) is 0 Å². The Kier molecular flexibility index (Phi) is 8.67. The van der Waals surface area contributed by atoms with E-state index in [1.165, 1.54) is 11.8 Å². The fraction of sp³-hybridized carbons (Fsp3) is 0.944. The highest BCUT2D eigenvalue weighted by molar-refractivity contribution is 7.99. The number of aliphatic hydroxyl groups is 3. The van der Waals surface area contributed by atoms with Crippen molar-refractivity contribution >= 4 is 29.3 Å². The van der Waals surface area contributed by atoms with E-state index in [-0.39, 0.29) is 11.9 Å². The molecule has 2 fully saturated rings. The van der Waals surface area contributed by atoms with Crippen molar-refractivity contribution < 1.29 is 24.9 Å². The van der Waals surface area contributed by atoms with Crippen LogP contribution in [0.15, 0.2) is 0 Å². The maximum absolute atomic E-state index is 12.9. The van der Waals surface area contributed by atoms with Gasteiger partial charge < -0.3 is 25.4 Å². The Hall–Kier alpha value is -0.0900. The summed E-state index contributed by atoms with van der Waals surface area (Å²) in [6.07, 6.45) is -0.0980. The summed E-state index contributed by atoms with van der Waals surface area (Å²) in [5.41, 5.74) is -0.702. The van der Waals surface area contributed by atoms with Gasteiger partial charge in [-0.25, -0.2) is 0 Å². The van der Waals surface area contributed by atoms with Gasteiger partial charge in [0.05, 0.1) is 17.5 Å². The zero-order chi connectivity index (χ0) is 20.3. The Morgan fingerprint density at radius 3 is 2.56 bits per heavy atom. The molecule has 0 bridgehead atoms. The van der Waals surface area contributed by atoms with Crippen LogP contribution in [0, 0.1) is 5.92 Å². The lowest BCUT2D eigenvalue weighted by molar-refractivity contribution is -0.205. The predicted molar refractivity (Wildman–Crippen MR) is 107 cm³/mol. The number of ether oxygens (including phenoxy) is 1. The molecular formula is C18H33ClN2O5S. The number of hydrogen-bond acceptors (Lipinski definition) is 7. The summed E-state index contributed by atoms with van der Waals surface area (Å²) in [4.78, 5) is 14.9. The molecule has 2 saturated heterocycles. The van der Waals surface area contributed by atoms with Gasteiger partial charge >= 0.3 is 0 Å². The number of halogens is 1. The monoisotopic (exact) mass is 424 g/mol. The molecule has 2 aliphatic heterocycles. The highest BCUT2D eigenvalue weighted by Gasteiger charge is 2.48. The van der Waals surface area contributed by atoms with Crippen LogP contribution in [0.5, 0.6) is 0 Å². The van der Waals surface area contributed by atoms with Gasteiger partial charge in [0.25, 0.3) is 0 Å². The van der Waals surface area contributed by atoms with Gasteiger partial charge in [-0.1, -0.05) is 13.3 Å². The van der Waals surface area contributed by atoms with Crippen LogP contribution in [0.25, 0.3) is 0 Å². The number of likely N-dealkylation sites (N-methyl/N-ethyl adjacent to an activating group) is 1. The molecule has 0 aromatic carbocycles. The number of amides is 1. The molecule has 158 valence electrons. The van der Waals surface area contributed by atoms with E-state index in [0.717, 1.165) is 25.8 Å². The molecule has 0 aliphatic carbocycles. The molecule has 9 atom stereocenters. The van der Waals surface area contributed by atoms with Crippen LogP contribution in [0.4, 0.5) is 0 Å². The number of thioether (sulfide) groups is 1. The first-order chi connectivity index (χ1) is 12.7. The highest BCUT2D eigenvalue weighted by Crippen LogP contribution is 2.31. The molecule has 27 heavy (non-hydrogen) atoms. The SMILES string of the molecule is CCC[C@@H]1C[C@H](C(=O)N[C@@H]([C@@H]2O[C@H](SC)[C@H](O)[C@H](O)[C@H]2O)[C@H](C)Cl)N(C)C1. The third-order valence-electron chi connectivity index (χ3n) is 5.63. The number of aliphatic hydroxyl groups excluding tert-OH is 3. The van der Waals surface area contributed by atoms with Crippen LogP contribution in [-0.2, 0) is 9.53 Å². The molecule has 4 N–H and O–H groups in total. The minimum absolute atomic E-state index is 0.147. The summed E-state index contributed by atoms with van der Waals surface area (Å²) in [5, 5.41) is 33.0. The van der Waals surface area contributed by atoms with Crippen molar-refractivity contribution in [1.82, 2.24) is 10.2 Å². The number of carbonyl (C=O) groups excluding carboxylic acids is 1. The van der Waals surface area contributed by atoms with Crippen LogP contribution >= 0.6 is 23.4 Å². The number of likely N-dealkylation sites (tertiary alicyclic amines) is 1. The summed E-state index contributed by atoms with van der Waals surface area (Å²) in [6.45, 7) is 4.74. The zero-order valence-corrected chi connectivity index (χ0v) is 18.0. The summed E-state index contributed by atoms with van der Waals surface area (Å²) in [7, 11) is 1.94. The summed E-state index contributed by atoms with van der Waals surface area (Å²) >= 11 is 7.55. The molecule has 0 unspecified atom stereocenters. The van der Waals surface area contributed by atoms with Crippen LogP contribution in [-0.4, -0.2) is 93.3 Å². The average Bonchev–Trinajstić information content (AvgIpc) is 2.99. The van der Waals surface area contributed by atoms with Crippen molar-refractivity contribution in [1.29, 1.82) is 0 Å². The first-order valence-electron chi connectivity index (χ1n) is 9.58. The number of nitrogens with zero attached hydrogens (tertiary/aromatic N) is 1. The second kappa shape index (κ2) is 10.1. The van der Waals surface area contributed by atoms with E-state index in [2.05, 4.69) is 12.2 Å². The van der Waals surface area contributed by atoms with E-state index in [1.54, 1.807) is 13.2 Å². The van der Waals surface area contributed by atoms with Gasteiger partial charge in [0.1, 0.15) is 29.9 Å². The van der Waals surface area contributed by atoms with Gasteiger partial charge in [-0.2, -0.15) is 0 Å². The van der Waals surface area contributed by atoms with Crippen LogP contribution in [0.3, 0.4) is 0 Å². The number of alkyl halides is 1. The summed E-state index contributed by atoms with van der Waals surface area (Å²) in [6, 6.07) is -0.934. The molecule has 0 aromatic rings. The number of carbonyl (C=O) groups is 1. The smallest absolute Gasteiger partial charge is 0.237 e. The van der Waals surface area contributed by atoms with Gasteiger partial charge in [-0.3, -0.25) is 9.69 Å². The summed E-state index contributed by atoms with van der Waals surface area (Å²) < 4.78 is 5.79. The minimum atomic E-state index is -1.36. The molecule has 2 heterocycles. The lowest BCUT2D eigenvalue weighted by Gasteiger charge is -2.44. The standard InChI is InChI=1S/C18H33ClN2O5S/c1-5-6-10-7-11(21(3)8-10)17(25)20-12(9(2)19)16-14(23)13(22)15(24)18(26-16)27-4/h9-16,18,22-24H,5-8H2,1-4H3,(H,20,25)/t9-,10+,11+,12+,13+,14+,15+,16-,18+/m0/s1. The maximum atomic E-state index is 12.9. The number of nitrogens with one attached hydrogen (secondary N) is 1. The van der Waals surface area contributed by atoms with Crippen LogP contribution in [0.2, 0.25) is 0 Å². The zero-order valence-electron chi connectivity index (χ0n) is 16.4. The topological polar surface area (TPSA) is 102 Å². The Morgan fingerprint density at radius 2 is 2.00 bits per heavy atom. The summed E-state index contributed by atoms with van der Waals surface area (Å²) in [5.74, 6) is 0.350. The van der Waals surface area contributed by atoms with E-state index < -0.39 is 41.3 Å². The van der Waals surface area contributed by atoms with Gasteiger partial charge in [-0.15, -0.1) is 23.4 Å². The number of rotatable bonds is 7. The van der Waals surface area contributed by atoms with Crippen molar-refractivity contribution in [3.63, 3.8) is 0 Å². The van der Waals surface area contributed by atoms with Gasteiger partial charge in [-0.05, 0) is 39.0 Å². The molecule has 1 amide bonds. The molecule has 0 radical (unpaired) electrons.